The van der Waals surface area contributed by atoms with Gasteiger partial charge < -0.3 is 24.5 Å². The van der Waals surface area contributed by atoms with Crippen molar-refractivity contribution in [1.29, 1.82) is 0 Å². The van der Waals surface area contributed by atoms with Gasteiger partial charge in [-0.1, -0.05) is 24.3 Å². The summed E-state index contributed by atoms with van der Waals surface area (Å²) in [6, 6.07) is 15.8. The molecule has 0 radical (unpaired) electrons. The molecule has 0 fully saturated rings. The van der Waals surface area contributed by atoms with E-state index in [0.29, 0.717) is 11.7 Å². The molecule has 2 heterocycles. The number of hydrogen-bond acceptors (Lipinski definition) is 4. The van der Waals surface area contributed by atoms with Gasteiger partial charge in [-0.25, -0.2) is 0 Å². The highest BCUT2D eigenvalue weighted by Crippen LogP contribution is 2.32. The summed E-state index contributed by atoms with van der Waals surface area (Å²) < 4.78 is 16.6. The van der Waals surface area contributed by atoms with Crippen LogP contribution < -0.4 is 20.1 Å². The zero-order chi connectivity index (χ0) is 17.2. The van der Waals surface area contributed by atoms with E-state index in [2.05, 4.69) is 10.6 Å². The fraction of sp³-hybridized carbons (Fsp3) is 0.211. The Bertz CT molecular complexity index is 889. The van der Waals surface area contributed by atoms with Crippen LogP contribution >= 0.6 is 12.2 Å². The molecule has 1 aromatic heterocycles. The number of hydrogen-bond donors (Lipinski definition) is 2. The molecule has 1 aliphatic heterocycles. The van der Waals surface area contributed by atoms with Crippen molar-refractivity contribution in [3.05, 3.63) is 59.9 Å². The van der Waals surface area contributed by atoms with Crippen molar-refractivity contribution >= 4 is 28.3 Å². The zero-order valence-corrected chi connectivity index (χ0v) is 14.6. The topological polar surface area (TPSA) is 55.7 Å². The SMILES string of the molecule is C[C@@H](NC(=S)NCc1ccc2c(c1)OCO2)c1cc2ccccc2o1. The minimum absolute atomic E-state index is 0.0239. The quantitative estimate of drug-likeness (QED) is 0.694. The van der Waals surface area contributed by atoms with Crippen LogP contribution in [0, 0.1) is 0 Å². The van der Waals surface area contributed by atoms with Gasteiger partial charge in [0.2, 0.25) is 6.79 Å². The van der Waals surface area contributed by atoms with Gasteiger partial charge in [-0.05, 0) is 49.0 Å². The average molecular weight is 354 g/mol. The summed E-state index contributed by atoms with van der Waals surface area (Å²) in [6.45, 7) is 2.91. The summed E-state index contributed by atoms with van der Waals surface area (Å²) in [6.07, 6.45) is 0. The summed E-state index contributed by atoms with van der Waals surface area (Å²) >= 11 is 5.39. The van der Waals surface area contributed by atoms with Gasteiger partial charge in [-0.15, -0.1) is 0 Å². The van der Waals surface area contributed by atoms with Crippen molar-refractivity contribution in [2.75, 3.05) is 6.79 Å². The molecule has 6 heteroatoms. The van der Waals surface area contributed by atoms with Gasteiger partial charge in [0, 0.05) is 11.9 Å². The fourth-order valence-corrected chi connectivity index (χ4v) is 3.02. The maximum absolute atomic E-state index is 5.86. The minimum atomic E-state index is -0.0239. The van der Waals surface area contributed by atoms with Crippen LogP contribution in [0.5, 0.6) is 11.5 Å². The lowest BCUT2D eigenvalue weighted by atomic mass is 10.2. The lowest BCUT2D eigenvalue weighted by Crippen LogP contribution is -2.36. The highest BCUT2D eigenvalue weighted by atomic mass is 32.1. The molecular formula is C19H18N2O3S. The van der Waals surface area contributed by atoms with E-state index in [4.69, 9.17) is 26.1 Å². The first kappa shape index (κ1) is 15.8. The van der Waals surface area contributed by atoms with Crippen LogP contribution in [0.4, 0.5) is 0 Å². The Labute approximate surface area is 150 Å². The van der Waals surface area contributed by atoms with Gasteiger partial charge >= 0.3 is 0 Å². The normalized spacial score (nSPS) is 13.6. The maximum Gasteiger partial charge on any atom is 0.231 e. The van der Waals surface area contributed by atoms with Crippen molar-refractivity contribution < 1.29 is 13.9 Å². The molecule has 0 bridgehead atoms. The molecule has 25 heavy (non-hydrogen) atoms. The van der Waals surface area contributed by atoms with E-state index in [9.17, 15) is 0 Å². The Morgan fingerprint density at radius 3 is 2.84 bits per heavy atom. The van der Waals surface area contributed by atoms with E-state index in [-0.39, 0.29) is 12.8 Å². The van der Waals surface area contributed by atoms with Gasteiger partial charge in [0.05, 0.1) is 6.04 Å². The van der Waals surface area contributed by atoms with Gasteiger partial charge in [0.15, 0.2) is 16.6 Å². The Morgan fingerprint density at radius 1 is 1.12 bits per heavy atom. The van der Waals surface area contributed by atoms with Gasteiger partial charge in [0.1, 0.15) is 11.3 Å². The Morgan fingerprint density at radius 2 is 1.96 bits per heavy atom. The smallest absolute Gasteiger partial charge is 0.231 e. The molecule has 1 atom stereocenters. The molecule has 1 aliphatic rings. The molecule has 0 saturated carbocycles. The molecule has 0 unspecified atom stereocenters. The van der Waals surface area contributed by atoms with E-state index in [1.807, 2.05) is 55.5 Å². The van der Waals surface area contributed by atoms with Crippen LogP contribution in [-0.2, 0) is 6.54 Å². The highest BCUT2D eigenvalue weighted by molar-refractivity contribution is 7.80. The van der Waals surface area contributed by atoms with E-state index >= 15 is 0 Å². The third-order valence-corrected chi connectivity index (χ3v) is 4.37. The number of fused-ring (bicyclic) bond motifs is 2. The molecule has 128 valence electrons. The molecule has 2 N–H and O–H groups in total. The van der Waals surface area contributed by atoms with E-state index < -0.39 is 0 Å². The van der Waals surface area contributed by atoms with Crippen LogP contribution in [0.25, 0.3) is 11.0 Å². The van der Waals surface area contributed by atoms with Crippen molar-refractivity contribution in [2.45, 2.75) is 19.5 Å². The number of thiocarbonyl (C=S) groups is 1. The fourth-order valence-electron chi connectivity index (χ4n) is 2.77. The van der Waals surface area contributed by atoms with Crippen LogP contribution in [0.2, 0.25) is 0 Å². The average Bonchev–Trinajstić information content (AvgIpc) is 3.25. The van der Waals surface area contributed by atoms with Crippen LogP contribution in [0.15, 0.2) is 52.9 Å². The van der Waals surface area contributed by atoms with E-state index in [0.717, 1.165) is 33.8 Å². The first-order chi connectivity index (χ1) is 12.2. The predicted octanol–water partition coefficient (Wildman–Crippen LogP) is 3.89. The summed E-state index contributed by atoms with van der Waals surface area (Å²) in [5.74, 6) is 2.41. The molecule has 5 nitrogen and oxygen atoms in total. The summed E-state index contributed by atoms with van der Waals surface area (Å²) in [5, 5.41) is 8.12. The van der Waals surface area contributed by atoms with Crippen molar-refractivity contribution in [2.24, 2.45) is 0 Å². The Kier molecular flexibility index (Phi) is 4.19. The zero-order valence-electron chi connectivity index (χ0n) is 13.7. The lowest BCUT2D eigenvalue weighted by Gasteiger charge is -2.15. The van der Waals surface area contributed by atoms with Crippen LogP contribution in [0.3, 0.4) is 0 Å². The van der Waals surface area contributed by atoms with Gasteiger partial charge in [-0.2, -0.15) is 0 Å². The monoisotopic (exact) mass is 354 g/mol. The number of para-hydroxylation sites is 1. The van der Waals surface area contributed by atoms with Crippen LogP contribution in [-0.4, -0.2) is 11.9 Å². The Hall–Kier alpha value is -2.73. The largest absolute Gasteiger partial charge is 0.459 e. The molecule has 2 aromatic carbocycles. The summed E-state index contributed by atoms with van der Waals surface area (Å²) in [5.41, 5.74) is 1.95. The second kappa shape index (κ2) is 6.64. The second-order valence-electron chi connectivity index (χ2n) is 5.92. The molecular weight excluding hydrogens is 336 g/mol. The van der Waals surface area contributed by atoms with Crippen molar-refractivity contribution in [3.8, 4) is 11.5 Å². The molecule has 0 spiro atoms. The third kappa shape index (κ3) is 3.39. The summed E-state index contributed by atoms with van der Waals surface area (Å²) in [7, 11) is 0. The summed E-state index contributed by atoms with van der Waals surface area (Å²) in [4.78, 5) is 0. The first-order valence-corrected chi connectivity index (χ1v) is 8.51. The van der Waals surface area contributed by atoms with Gasteiger partial charge in [-0.3, -0.25) is 0 Å². The lowest BCUT2D eigenvalue weighted by molar-refractivity contribution is 0.174. The third-order valence-electron chi connectivity index (χ3n) is 4.11. The number of nitrogens with one attached hydrogen (secondary N) is 2. The minimum Gasteiger partial charge on any atom is -0.459 e. The first-order valence-electron chi connectivity index (χ1n) is 8.10. The molecule has 3 aromatic rings. The van der Waals surface area contributed by atoms with Gasteiger partial charge in [0.25, 0.3) is 0 Å². The van der Waals surface area contributed by atoms with Crippen LogP contribution in [0.1, 0.15) is 24.3 Å². The van der Waals surface area contributed by atoms with Crippen molar-refractivity contribution in [1.82, 2.24) is 10.6 Å². The number of rotatable bonds is 4. The Balaban J connectivity index is 1.35. The standard InChI is InChI=1S/C19H18N2O3S/c1-12(17-9-14-4-2-3-5-15(14)24-17)21-19(25)20-10-13-6-7-16-18(8-13)23-11-22-16/h2-9,12H,10-11H2,1H3,(H2,20,21,25)/t12-/m1/s1. The molecule has 0 amide bonds. The molecule has 0 saturated heterocycles. The second-order valence-corrected chi connectivity index (χ2v) is 6.33. The number of ether oxygens (including phenoxy) is 2. The van der Waals surface area contributed by atoms with E-state index in [1.54, 1.807) is 0 Å². The number of furan rings is 1. The van der Waals surface area contributed by atoms with E-state index in [1.165, 1.54) is 0 Å². The highest BCUT2D eigenvalue weighted by Gasteiger charge is 2.14. The number of benzene rings is 2. The maximum atomic E-state index is 5.86. The molecule has 0 aliphatic carbocycles. The van der Waals surface area contributed by atoms with Crippen molar-refractivity contribution in [3.63, 3.8) is 0 Å². The predicted molar refractivity (Wildman–Crippen MR) is 99.8 cm³/mol. The molecule has 4 rings (SSSR count).